The van der Waals surface area contributed by atoms with Crippen LogP contribution in [0.5, 0.6) is 11.5 Å². The van der Waals surface area contributed by atoms with E-state index in [4.69, 9.17) is 14.7 Å². The Morgan fingerprint density at radius 3 is 2.66 bits per heavy atom. The minimum absolute atomic E-state index is 0.0254. The number of halogens is 4. The number of benzene rings is 2. The van der Waals surface area contributed by atoms with Crippen LogP contribution in [0.2, 0.25) is 0 Å². The monoisotopic (exact) mass is 555 g/mol. The van der Waals surface area contributed by atoms with Gasteiger partial charge in [-0.15, -0.1) is 0 Å². The lowest BCUT2D eigenvalue weighted by atomic mass is 10.1. The van der Waals surface area contributed by atoms with Gasteiger partial charge in [0.05, 0.1) is 32.7 Å². The predicted molar refractivity (Wildman–Crippen MR) is 121 cm³/mol. The van der Waals surface area contributed by atoms with Crippen LogP contribution in [0.25, 0.3) is 6.08 Å². The molecule has 0 N–H and O–H groups in total. The molecule has 1 aliphatic heterocycles. The molecule has 6 nitrogen and oxygen atoms in total. The molecule has 1 aliphatic rings. The lowest BCUT2D eigenvalue weighted by Gasteiger charge is -2.14. The zero-order valence-corrected chi connectivity index (χ0v) is 19.2. The Labute approximate surface area is 196 Å². The van der Waals surface area contributed by atoms with Gasteiger partial charge in [-0.05, 0) is 78.4 Å². The Morgan fingerprint density at radius 2 is 2.00 bits per heavy atom. The molecule has 0 saturated carbocycles. The number of nitrogens with zero attached hydrogens (tertiary/aromatic N) is 3. The molecule has 0 radical (unpaired) electrons. The van der Waals surface area contributed by atoms with Crippen molar-refractivity contribution in [3.05, 3.63) is 56.7 Å². The van der Waals surface area contributed by atoms with E-state index in [2.05, 4.69) is 5.10 Å². The number of hydrogen-bond donors (Lipinski definition) is 0. The fourth-order valence-electron chi connectivity index (χ4n) is 3.02. The highest BCUT2D eigenvalue weighted by molar-refractivity contribution is 14.1. The molecule has 3 rings (SSSR count). The summed E-state index contributed by atoms with van der Waals surface area (Å²) in [5.74, 6) is 0.292. The number of alkyl halides is 3. The first-order chi connectivity index (χ1) is 15.2. The van der Waals surface area contributed by atoms with Crippen LogP contribution in [0.3, 0.4) is 0 Å². The topological polar surface area (TPSA) is 74.9 Å². The van der Waals surface area contributed by atoms with Gasteiger partial charge in [-0.1, -0.05) is 6.07 Å². The number of amides is 1. The second kappa shape index (κ2) is 9.60. The van der Waals surface area contributed by atoms with Crippen LogP contribution in [-0.2, 0) is 11.0 Å². The average Bonchev–Trinajstić information content (AvgIpc) is 3.01. The molecule has 0 bridgehead atoms. The van der Waals surface area contributed by atoms with E-state index in [9.17, 15) is 18.0 Å². The standard InChI is InChI=1S/C22H17F3IN3O3/c1-3-31-19-11-14(10-18(26)20(19)32-8-7-27)9-17-13(2)28-29(21(17)30)16-6-4-5-15(12-16)22(23,24)25/h4-6,9-12H,3,8H2,1-2H3/b17-9+. The minimum atomic E-state index is -4.53. The van der Waals surface area contributed by atoms with Crippen molar-refractivity contribution in [1.29, 1.82) is 5.26 Å². The van der Waals surface area contributed by atoms with Crippen LogP contribution in [-0.4, -0.2) is 24.8 Å². The highest BCUT2D eigenvalue weighted by atomic mass is 127. The third kappa shape index (κ3) is 5.04. The summed E-state index contributed by atoms with van der Waals surface area (Å²) < 4.78 is 50.9. The molecule has 0 aromatic heterocycles. The summed E-state index contributed by atoms with van der Waals surface area (Å²) in [6.45, 7) is 3.63. The van der Waals surface area contributed by atoms with Gasteiger partial charge in [-0.25, -0.2) is 0 Å². The van der Waals surface area contributed by atoms with Gasteiger partial charge in [-0.2, -0.15) is 28.5 Å². The molecular formula is C22H17F3IN3O3. The highest BCUT2D eigenvalue weighted by Gasteiger charge is 2.33. The molecule has 1 amide bonds. The fraction of sp³-hybridized carbons (Fsp3) is 0.227. The van der Waals surface area contributed by atoms with Gasteiger partial charge in [0.25, 0.3) is 5.91 Å². The minimum Gasteiger partial charge on any atom is -0.490 e. The summed E-state index contributed by atoms with van der Waals surface area (Å²) in [6.07, 6.45) is -2.94. The van der Waals surface area contributed by atoms with Gasteiger partial charge in [-0.3, -0.25) is 4.79 Å². The SMILES string of the molecule is CCOc1cc(/C=C2/C(=O)N(c3cccc(C(F)(F)F)c3)N=C2C)cc(I)c1OCC#N. The lowest BCUT2D eigenvalue weighted by Crippen LogP contribution is -2.21. The van der Waals surface area contributed by atoms with E-state index >= 15 is 0 Å². The number of anilines is 1. The van der Waals surface area contributed by atoms with Crippen LogP contribution in [0.1, 0.15) is 25.0 Å². The first-order valence-corrected chi connectivity index (χ1v) is 10.5. The number of rotatable bonds is 6. The molecular weight excluding hydrogens is 538 g/mol. The number of nitriles is 1. The van der Waals surface area contributed by atoms with Crippen molar-refractivity contribution in [1.82, 2.24) is 0 Å². The number of carbonyl (C=O) groups is 1. The average molecular weight is 555 g/mol. The number of ether oxygens (including phenoxy) is 2. The Bertz CT molecular complexity index is 1150. The zero-order chi connectivity index (χ0) is 23.5. The summed E-state index contributed by atoms with van der Waals surface area (Å²) in [7, 11) is 0. The van der Waals surface area contributed by atoms with Gasteiger partial charge in [0, 0.05) is 0 Å². The van der Waals surface area contributed by atoms with Crippen LogP contribution in [0, 0.1) is 14.9 Å². The molecule has 0 saturated heterocycles. The van der Waals surface area contributed by atoms with Crippen molar-refractivity contribution in [3.8, 4) is 17.6 Å². The summed E-state index contributed by atoms with van der Waals surface area (Å²) in [5.41, 5.74) is 0.386. The third-order valence-corrected chi connectivity index (χ3v) is 5.21. The van der Waals surface area contributed by atoms with Gasteiger partial charge < -0.3 is 9.47 Å². The Morgan fingerprint density at radius 1 is 1.25 bits per heavy atom. The van der Waals surface area contributed by atoms with Crippen molar-refractivity contribution in [2.75, 3.05) is 18.2 Å². The zero-order valence-electron chi connectivity index (χ0n) is 17.0. The molecule has 2 aromatic carbocycles. The summed E-state index contributed by atoms with van der Waals surface area (Å²) in [4.78, 5) is 13.0. The van der Waals surface area contributed by atoms with Crippen molar-refractivity contribution in [2.24, 2.45) is 5.10 Å². The third-order valence-electron chi connectivity index (χ3n) is 4.40. The van der Waals surface area contributed by atoms with Crippen molar-refractivity contribution < 1.29 is 27.4 Å². The van der Waals surface area contributed by atoms with Crippen LogP contribution < -0.4 is 14.5 Å². The van der Waals surface area contributed by atoms with Gasteiger partial charge in [0.2, 0.25) is 0 Å². The number of hydrazone groups is 1. The van der Waals surface area contributed by atoms with Crippen molar-refractivity contribution in [2.45, 2.75) is 20.0 Å². The maximum atomic E-state index is 13.1. The predicted octanol–water partition coefficient (Wildman–Crippen LogP) is 5.42. The summed E-state index contributed by atoms with van der Waals surface area (Å²) >= 11 is 2.04. The molecule has 166 valence electrons. The first kappa shape index (κ1) is 23.6. The Hall–Kier alpha value is -3.07. The largest absolute Gasteiger partial charge is 0.490 e. The molecule has 0 aliphatic carbocycles. The molecule has 0 fully saturated rings. The molecule has 0 atom stereocenters. The quantitative estimate of drug-likeness (QED) is 0.353. The van der Waals surface area contributed by atoms with Gasteiger partial charge >= 0.3 is 6.18 Å². The Balaban J connectivity index is 1.96. The van der Waals surface area contributed by atoms with Gasteiger partial charge in [0.1, 0.15) is 6.07 Å². The van der Waals surface area contributed by atoms with Gasteiger partial charge in [0.15, 0.2) is 18.1 Å². The van der Waals surface area contributed by atoms with E-state index in [0.717, 1.165) is 17.1 Å². The van der Waals surface area contributed by atoms with Crippen LogP contribution in [0.15, 0.2) is 47.1 Å². The maximum Gasteiger partial charge on any atom is 0.416 e. The summed E-state index contributed by atoms with van der Waals surface area (Å²) in [5, 5.41) is 13.9. The Kier molecular flexibility index (Phi) is 7.08. The van der Waals surface area contributed by atoms with E-state index in [1.54, 1.807) is 32.1 Å². The first-order valence-electron chi connectivity index (χ1n) is 9.40. The molecule has 0 unspecified atom stereocenters. The molecule has 10 heteroatoms. The fourth-order valence-corrected chi connectivity index (χ4v) is 3.80. The van der Waals surface area contributed by atoms with Crippen molar-refractivity contribution >= 4 is 46.0 Å². The second-order valence-corrected chi connectivity index (χ2v) is 7.78. The maximum absolute atomic E-state index is 13.1. The number of carbonyl (C=O) groups excluding carboxylic acids is 1. The molecule has 32 heavy (non-hydrogen) atoms. The summed E-state index contributed by atoms with van der Waals surface area (Å²) in [6, 6.07) is 9.76. The van der Waals surface area contributed by atoms with E-state index in [1.807, 2.05) is 28.7 Å². The van der Waals surface area contributed by atoms with Crippen molar-refractivity contribution in [3.63, 3.8) is 0 Å². The molecule has 1 heterocycles. The van der Waals surface area contributed by atoms with Crippen LogP contribution >= 0.6 is 22.6 Å². The van der Waals surface area contributed by atoms with E-state index in [1.165, 1.54) is 12.1 Å². The lowest BCUT2D eigenvalue weighted by molar-refractivity contribution is -0.137. The molecule has 0 spiro atoms. The number of hydrogen-bond acceptors (Lipinski definition) is 5. The highest BCUT2D eigenvalue weighted by Crippen LogP contribution is 2.36. The smallest absolute Gasteiger partial charge is 0.416 e. The van der Waals surface area contributed by atoms with E-state index < -0.39 is 17.6 Å². The second-order valence-electron chi connectivity index (χ2n) is 6.62. The molecule has 2 aromatic rings. The van der Waals surface area contributed by atoms with E-state index in [-0.39, 0.29) is 17.9 Å². The van der Waals surface area contributed by atoms with E-state index in [0.29, 0.717) is 33.0 Å². The normalized spacial score (nSPS) is 15.0. The van der Waals surface area contributed by atoms with Crippen LogP contribution in [0.4, 0.5) is 18.9 Å².